The van der Waals surface area contributed by atoms with Gasteiger partial charge in [-0.1, -0.05) is 0 Å². The Morgan fingerprint density at radius 1 is 1.04 bits per heavy atom. The van der Waals surface area contributed by atoms with Gasteiger partial charge in [0.05, 0.1) is 11.0 Å². The molecule has 7 nitrogen and oxygen atoms in total. The first kappa shape index (κ1) is 17.3. The van der Waals surface area contributed by atoms with Gasteiger partial charge >= 0.3 is 5.69 Å². The molecule has 0 amide bonds. The number of benzene rings is 1. The molecule has 0 radical (unpaired) electrons. The molecule has 0 fully saturated rings. The van der Waals surface area contributed by atoms with E-state index < -0.39 is 11.2 Å². The number of aromatic nitrogens is 4. The second-order valence-electron chi connectivity index (χ2n) is 6.40. The summed E-state index contributed by atoms with van der Waals surface area (Å²) in [7, 11) is 1.41. The second kappa shape index (κ2) is 6.76. The number of aliphatic hydroxyl groups is 1. The summed E-state index contributed by atoms with van der Waals surface area (Å²) in [5.74, 6) is 0.327. The number of hydrogen-bond acceptors (Lipinski definition) is 5. The summed E-state index contributed by atoms with van der Waals surface area (Å²) < 4.78 is 2.89. The van der Waals surface area contributed by atoms with Gasteiger partial charge in [-0.3, -0.25) is 9.36 Å². The molecule has 2 aliphatic rings. The monoisotopic (exact) mass is 342 g/mol. The Balaban J connectivity index is 2.30. The van der Waals surface area contributed by atoms with Crippen molar-refractivity contribution in [1.82, 2.24) is 19.1 Å². The van der Waals surface area contributed by atoms with Crippen molar-refractivity contribution in [1.29, 1.82) is 0 Å². The lowest BCUT2D eigenvalue weighted by Gasteiger charge is -2.18. The molecule has 2 heterocycles. The first-order valence-electron chi connectivity index (χ1n) is 8.43. The fourth-order valence-corrected chi connectivity index (χ4v) is 2.96. The number of rotatable bonds is 5. The van der Waals surface area contributed by atoms with Gasteiger partial charge in [0.1, 0.15) is 0 Å². The molecule has 0 unspecified atom stereocenters. The summed E-state index contributed by atoms with van der Waals surface area (Å²) in [4.78, 5) is 33.1. The zero-order chi connectivity index (χ0) is 18.1. The van der Waals surface area contributed by atoms with E-state index in [4.69, 9.17) is 5.11 Å². The molecule has 132 valence electrons. The average Bonchev–Trinajstić information content (AvgIpc) is 2.58. The van der Waals surface area contributed by atoms with Crippen LogP contribution in [0.3, 0.4) is 0 Å². The highest BCUT2D eigenvalue weighted by Crippen LogP contribution is 2.24. The molecular weight excluding hydrogens is 320 g/mol. The SMILES string of the molecule is Cc1cc2nc3c(=O)n(C)c(=O)nc-3n(CCCCCO)c2cc1C. The van der Waals surface area contributed by atoms with E-state index in [1.165, 1.54) is 7.05 Å². The maximum absolute atomic E-state index is 12.5. The quantitative estimate of drug-likeness (QED) is 0.559. The van der Waals surface area contributed by atoms with Crippen LogP contribution in [-0.2, 0) is 13.6 Å². The zero-order valence-electron chi connectivity index (χ0n) is 14.7. The van der Waals surface area contributed by atoms with E-state index in [-0.39, 0.29) is 12.3 Å². The molecule has 1 aromatic carbocycles. The first-order chi connectivity index (χ1) is 11.9. The number of hydrogen-bond donors (Lipinski definition) is 1. The molecule has 7 heteroatoms. The minimum absolute atomic E-state index is 0.157. The maximum Gasteiger partial charge on any atom is 0.352 e. The Labute approximate surface area is 144 Å². The summed E-state index contributed by atoms with van der Waals surface area (Å²) in [6.07, 6.45) is 2.40. The van der Waals surface area contributed by atoms with Crippen LogP contribution in [0, 0.1) is 13.8 Å². The maximum atomic E-state index is 12.5. The molecule has 25 heavy (non-hydrogen) atoms. The van der Waals surface area contributed by atoms with Crippen molar-refractivity contribution in [2.24, 2.45) is 7.05 Å². The van der Waals surface area contributed by atoms with Crippen LogP contribution in [0.4, 0.5) is 0 Å². The van der Waals surface area contributed by atoms with Crippen molar-refractivity contribution in [3.8, 4) is 11.5 Å². The van der Waals surface area contributed by atoms with Crippen molar-refractivity contribution < 1.29 is 5.11 Å². The predicted octanol–water partition coefficient (Wildman–Crippen LogP) is 1.37. The predicted molar refractivity (Wildman–Crippen MR) is 96.1 cm³/mol. The molecule has 3 rings (SSSR count). The number of aryl methyl sites for hydroxylation is 3. The minimum Gasteiger partial charge on any atom is -0.396 e. The third-order valence-corrected chi connectivity index (χ3v) is 4.62. The molecule has 0 bridgehead atoms. The smallest absolute Gasteiger partial charge is 0.352 e. The molecular formula is C18H22N4O3. The van der Waals surface area contributed by atoms with Gasteiger partial charge in [0, 0.05) is 20.2 Å². The fraction of sp³-hybridized carbons (Fsp3) is 0.444. The Morgan fingerprint density at radius 2 is 1.76 bits per heavy atom. The fourth-order valence-electron chi connectivity index (χ4n) is 2.96. The van der Waals surface area contributed by atoms with Crippen molar-refractivity contribution in [2.45, 2.75) is 39.7 Å². The van der Waals surface area contributed by atoms with Gasteiger partial charge in [0.2, 0.25) is 0 Å². The topological polar surface area (TPSA) is 90.0 Å². The zero-order valence-corrected chi connectivity index (χ0v) is 14.7. The first-order valence-corrected chi connectivity index (χ1v) is 8.43. The highest BCUT2D eigenvalue weighted by atomic mass is 16.3. The van der Waals surface area contributed by atoms with E-state index in [1.807, 2.05) is 30.5 Å². The molecule has 0 saturated heterocycles. The molecule has 0 atom stereocenters. The Bertz CT molecular complexity index is 1020. The Kier molecular flexibility index (Phi) is 4.67. The van der Waals surface area contributed by atoms with Crippen LogP contribution in [0.2, 0.25) is 0 Å². The Morgan fingerprint density at radius 3 is 2.48 bits per heavy atom. The number of fused-ring (bicyclic) bond motifs is 2. The van der Waals surface area contributed by atoms with Crippen molar-refractivity contribution in [3.05, 3.63) is 44.1 Å². The van der Waals surface area contributed by atoms with Crippen molar-refractivity contribution in [3.63, 3.8) is 0 Å². The van der Waals surface area contributed by atoms with Crippen LogP contribution >= 0.6 is 0 Å². The van der Waals surface area contributed by atoms with Crippen LogP contribution in [0.5, 0.6) is 0 Å². The third-order valence-electron chi connectivity index (χ3n) is 4.62. The van der Waals surface area contributed by atoms with E-state index in [1.54, 1.807) is 0 Å². The second-order valence-corrected chi connectivity index (χ2v) is 6.40. The summed E-state index contributed by atoms with van der Waals surface area (Å²) >= 11 is 0. The molecule has 0 aromatic heterocycles. The van der Waals surface area contributed by atoms with Crippen molar-refractivity contribution >= 4 is 11.0 Å². The largest absolute Gasteiger partial charge is 0.396 e. The van der Waals surface area contributed by atoms with E-state index in [0.29, 0.717) is 12.4 Å². The molecule has 0 spiro atoms. The molecule has 0 saturated carbocycles. The van der Waals surface area contributed by atoms with Crippen LogP contribution < -0.4 is 11.2 Å². The van der Waals surface area contributed by atoms with E-state index in [0.717, 1.165) is 46.0 Å². The number of aliphatic hydroxyl groups excluding tert-OH is 1. The number of unbranched alkanes of at least 4 members (excludes halogenated alkanes) is 2. The summed E-state index contributed by atoms with van der Waals surface area (Å²) in [5.41, 5.74) is 2.99. The highest BCUT2D eigenvalue weighted by Gasteiger charge is 2.20. The van der Waals surface area contributed by atoms with Crippen molar-refractivity contribution in [2.75, 3.05) is 6.61 Å². The summed E-state index contributed by atoms with van der Waals surface area (Å²) in [6, 6.07) is 3.98. The van der Waals surface area contributed by atoms with Gasteiger partial charge in [-0.15, -0.1) is 0 Å². The molecule has 0 aliphatic carbocycles. The van der Waals surface area contributed by atoms with Gasteiger partial charge in [-0.2, -0.15) is 4.98 Å². The lowest BCUT2D eigenvalue weighted by atomic mass is 10.1. The lowest BCUT2D eigenvalue weighted by molar-refractivity contribution is 0.282. The van der Waals surface area contributed by atoms with Gasteiger partial charge in [0.15, 0.2) is 11.5 Å². The van der Waals surface area contributed by atoms with Crippen LogP contribution in [0.25, 0.3) is 22.6 Å². The van der Waals surface area contributed by atoms with Crippen LogP contribution in [0.1, 0.15) is 30.4 Å². The van der Waals surface area contributed by atoms with Gasteiger partial charge in [0.25, 0.3) is 5.56 Å². The van der Waals surface area contributed by atoms with Gasteiger partial charge in [-0.25, -0.2) is 9.78 Å². The highest BCUT2D eigenvalue weighted by molar-refractivity contribution is 5.81. The van der Waals surface area contributed by atoms with Gasteiger partial charge < -0.3 is 9.67 Å². The van der Waals surface area contributed by atoms with Crippen LogP contribution in [0.15, 0.2) is 21.7 Å². The molecule has 2 aliphatic heterocycles. The lowest BCUT2D eigenvalue weighted by Crippen LogP contribution is -2.36. The van der Waals surface area contributed by atoms with E-state index in [9.17, 15) is 9.59 Å². The summed E-state index contributed by atoms with van der Waals surface area (Å²) in [5, 5.41) is 8.96. The average molecular weight is 342 g/mol. The summed E-state index contributed by atoms with van der Waals surface area (Å²) in [6.45, 7) is 4.79. The number of nitrogens with zero attached hydrogens (tertiary/aromatic N) is 4. The van der Waals surface area contributed by atoms with E-state index >= 15 is 0 Å². The normalized spacial score (nSPS) is 11.5. The third kappa shape index (κ3) is 3.07. The van der Waals surface area contributed by atoms with E-state index in [2.05, 4.69) is 9.97 Å². The minimum atomic E-state index is -0.577. The van der Waals surface area contributed by atoms with Gasteiger partial charge in [-0.05, 0) is 56.4 Å². The van der Waals surface area contributed by atoms with Crippen LogP contribution in [-0.4, -0.2) is 30.8 Å². The standard InChI is InChI=1S/C18H22N4O3/c1-11-9-13-14(10-12(11)2)22(7-5-4-6-8-23)16-15(19-13)17(24)21(3)18(25)20-16/h9-10,23H,4-8H2,1-3H3. The Hall–Kier alpha value is -2.54. The molecule has 1 N–H and O–H groups in total. The molecule has 1 aromatic rings.